The second-order valence-electron chi connectivity index (χ2n) is 6.46. The Morgan fingerprint density at radius 2 is 1.78 bits per heavy atom. The molecule has 1 heterocycles. The lowest BCUT2D eigenvalue weighted by molar-refractivity contribution is 0.102. The van der Waals surface area contributed by atoms with E-state index in [9.17, 15) is 4.79 Å². The lowest BCUT2D eigenvalue weighted by Crippen LogP contribution is -2.13. The van der Waals surface area contributed by atoms with E-state index in [0.717, 1.165) is 33.7 Å². The highest BCUT2D eigenvalue weighted by Crippen LogP contribution is 2.29. The van der Waals surface area contributed by atoms with Gasteiger partial charge in [0, 0.05) is 30.7 Å². The van der Waals surface area contributed by atoms with Crippen molar-refractivity contribution in [2.24, 2.45) is 12.2 Å². The summed E-state index contributed by atoms with van der Waals surface area (Å²) in [6, 6.07) is 15.8. The summed E-state index contributed by atoms with van der Waals surface area (Å²) in [5.41, 5.74) is 6.18. The van der Waals surface area contributed by atoms with E-state index in [0.29, 0.717) is 5.56 Å². The van der Waals surface area contributed by atoms with Crippen LogP contribution in [0.1, 0.15) is 28.4 Å². The van der Waals surface area contributed by atoms with Gasteiger partial charge in [-0.1, -0.05) is 47.6 Å². The van der Waals surface area contributed by atoms with Gasteiger partial charge in [0.1, 0.15) is 7.11 Å². The first-order chi connectivity index (χ1) is 13.0. The van der Waals surface area contributed by atoms with E-state index >= 15 is 0 Å². The van der Waals surface area contributed by atoms with Crippen molar-refractivity contribution in [3.05, 3.63) is 77.6 Å². The molecular formula is C22H23N3O2. The number of rotatable bonds is 5. The Morgan fingerprint density at radius 1 is 1.07 bits per heavy atom. The molecule has 0 bridgehead atoms. The molecule has 2 aromatic carbocycles. The number of anilines is 1. The second-order valence-corrected chi connectivity index (χ2v) is 6.46. The average Bonchev–Trinajstić information content (AvgIpc) is 3.01. The van der Waals surface area contributed by atoms with E-state index < -0.39 is 0 Å². The predicted molar refractivity (Wildman–Crippen MR) is 109 cm³/mol. The standard InChI is InChI=1S/C22H23N3O2/c1-15-13-25(3)14-20(15)22(26)23-21-8-6-5-7-19(21)18-11-9-17(10-12-18)16(2)24-27-4/h5-14H,1-4H3,(H,23,26). The van der Waals surface area contributed by atoms with Gasteiger partial charge >= 0.3 is 0 Å². The van der Waals surface area contributed by atoms with E-state index in [1.54, 1.807) is 0 Å². The van der Waals surface area contributed by atoms with Gasteiger partial charge in [-0.15, -0.1) is 0 Å². The Bertz CT molecular complexity index is 985. The first-order valence-electron chi connectivity index (χ1n) is 8.71. The molecule has 0 aliphatic rings. The largest absolute Gasteiger partial charge is 0.399 e. The number of hydrogen-bond acceptors (Lipinski definition) is 3. The van der Waals surface area contributed by atoms with Gasteiger partial charge in [-0.3, -0.25) is 4.79 Å². The number of oxime groups is 1. The predicted octanol–water partition coefficient (Wildman–Crippen LogP) is 4.62. The van der Waals surface area contributed by atoms with Gasteiger partial charge in [-0.25, -0.2) is 0 Å². The summed E-state index contributed by atoms with van der Waals surface area (Å²) in [6.45, 7) is 3.83. The monoisotopic (exact) mass is 361 g/mol. The van der Waals surface area contributed by atoms with E-state index in [4.69, 9.17) is 4.84 Å². The van der Waals surface area contributed by atoms with Crippen molar-refractivity contribution in [1.29, 1.82) is 0 Å². The highest BCUT2D eigenvalue weighted by Gasteiger charge is 2.13. The molecule has 1 aromatic heterocycles. The SMILES string of the molecule is CON=C(C)c1ccc(-c2ccccc2NC(=O)c2cn(C)cc2C)cc1. The average molecular weight is 361 g/mol. The smallest absolute Gasteiger partial charge is 0.257 e. The van der Waals surface area contributed by atoms with Gasteiger partial charge in [0.2, 0.25) is 0 Å². The van der Waals surface area contributed by atoms with Gasteiger partial charge in [-0.2, -0.15) is 0 Å². The zero-order valence-corrected chi connectivity index (χ0v) is 16.0. The van der Waals surface area contributed by atoms with E-state index in [-0.39, 0.29) is 5.91 Å². The third-order valence-electron chi connectivity index (χ3n) is 4.42. The minimum Gasteiger partial charge on any atom is -0.399 e. The molecule has 0 aliphatic carbocycles. The van der Waals surface area contributed by atoms with Crippen LogP contribution in [-0.4, -0.2) is 23.3 Å². The second kappa shape index (κ2) is 7.91. The number of benzene rings is 2. The molecule has 1 amide bonds. The summed E-state index contributed by atoms with van der Waals surface area (Å²) in [5, 5.41) is 7.00. The van der Waals surface area contributed by atoms with Crippen molar-refractivity contribution >= 4 is 17.3 Å². The lowest BCUT2D eigenvalue weighted by atomic mass is 10.0. The first kappa shape index (κ1) is 18.5. The molecule has 0 fully saturated rings. The maximum atomic E-state index is 12.7. The van der Waals surface area contributed by atoms with Gasteiger partial charge in [0.05, 0.1) is 11.3 Å². The molecule has 5 heteroatoms. The molecule has 0 radical (unpaired) electrons. The zero-order chi connectivity index (χ0) is 19.4. The summed E-state index contributed by atoms with van der Waals surface area (Å²) in [7, 11) is 3.44. The van der Waals surface area contributed by atoms with Gasteiger partial charge in [0.25, 0.3) is 5.91 Å². The fraction of sp³-hybridized carbons (Fsp3) is 0.182. The van der Waals surface area contributed by atoms with Crippen LogP contribution in [0.25, 0.3) is 11.1 Å². The van der Waals surface area contributed by atoms with Gasteiger partial charge in [-0.05, 0) is 36.6 Å². The molecule has 0 aliphatic heterocycles. The molecule has 1 N–H and O–H groups in total. The molecular weight excluding hydrogens is 338 g/mol. The van der Waals surface area contributed by atoms with Crippen molar-refractivity contribution in [3.63, 3.8) is 0 Å². The third-order valence-corrected chi connectivity index (χ3v) is 4.42. The number of para-hydroxylation sites is 1. The van der Waals surface area contributed by atoms with E-state index in [2.05, 4.69) is 10.5 Å². The number of nitrogens with one attached hydrogen (secondary N) is 1. The van der Waals surface area contributed by atoms with Crippen LogP contribution in [0.3, 0.4) is 0 Å². The Morgan fingerprint density at radius 3 is 2.41 bits per heavy atom. The topological polar surface area (TPSA) is 55.6 Å². The van der Waals surface area contributed by atoms with Crippen LogP contribution in [0, 0.1) is 6.92 Å². The lowest BCUT2D eigenvalue weighted by Gasteiger charge is -2.12. The zero-order valence-electron chi connectivity index (χ0n) is 16.0. The number of aromatic nitrogens is 1. The van der Waals surface area contributed by atoms with Gasteiger partial charge in [0.15, 0.2) is 0 Å². The van der Waals surface area contributed by atoms with Crippen LogP contribution in [-0.2, 0) is 11.9 Å². The van der Waals surface area contributed by atoms with Crippen LogP contribution >= 0.6 is 0 Å². The third kappa shape index (κ3) is 4.08. The van der Waals surface area contributed by atoms with Crippen LogP contribution in [0.15, 0.2) is 66.1 Å². The van der Waals surface area contributed by atoms with E-state index in [1.165, 1.54) is 7.11 Å². The molecule has 0 spiro atoms. The maximum absolute atomic E-state index is 12.7. The van der Waals surface area contributed by atoms with Crippen LogP contribution in [0.5, 0.6) is 0 Å². The molecule has 138 valence electrons. The van der Waals surface area contributed by atoms with Crippen molar-refractivity contribution in [1.82, 2.24) is 4.57 Å². The first-order valence-corrected chi connectivity index (χ1v) is 8.71. The molecule has 3 rings (SSSR count). The number of hydrogen-bond donors (Lipinski definition) is 1. The number of carbonyl (C=O) groups excluding carboxylic acids is 1. The highest BCUT2D eigenvalue weighted by molar-refractivity contribution is 6.07. The molecule has 0 atom stereocenters. The van der Waals surface area contributed by atoms with Gasteiger partial charge < -0.3 is 14.7 Å². The minimum absolute atomic E-state index is 0.111. The summed E-state index contributed by atoms with van der Waals surface area (Å²) >= 11 is 0. The van der Waals surface area contributed by atoms with Crippen molar-refractivity contribution in [3.8, 4) is 11.1 Å². The van der Waals surface area contributed by atoms with Crippen molar-refractivity contribution in [2.45, 2.75) is 13.8 Å². The number of amides is 1. The molecule has 3 aromatic rings. The Kier molecular flexibility index (Phi) is 5.41. The maximum Gasteiger partial charge on any atom is 0.257 e. The van der Waals surface area contributed by atoms with Crippen molar-refractivity contribution < 1.29 is 9.63 Å². The molecule has 5 nitrogen and oxygen atoms in total. The minimum atomic E-state index is -0.111. The normalized spacial score (nSPS) is 11.3. The van der Waals surface area contributed by atoms with Crippen LogP contribution < -0.4 is 5.32 Å². The van der Waals surface area contributed by atoms with Crippen LogP contribution in [0.4, 0.5) is 5.69 Å². The summed E-state index contributed by atoms with van der Waals surface area (Å²) < 4.78 is 1.89. The molecule has 0 saturated carbocycles. The number of nitrogens with zero attached hydrogens (tertiary/aromatic N) is 2. The number of aryl methyl sites for hydroxylation is 2. The highest BCUT2D eigenvalue weighted by atomic mass is 16.6. The Labute approximate surface area is 159 Å². The summed E-state index contributed by atoms with van der Waals surface area (Å²) in [5.74, 6) is -0.111. The van der Waals surface area contributed by atoms with Crippen LogP contribution in [0.2, 0.25) is 0 Å². The fourth-order valence-corrected chi connectivity index (χ4v) is 3.07. The molecule has 27 heavy (non-hydrogen) atoms. The fourth-order valence-electron chi connectivity index (χ4n) is 3.07. The molecule has 0 unspecified atom stereocenters. The Balaban J connectivity index is 1.89. The Hall–Kier alpha value is -3.34. The number of carbonyl (C=O) groups is 1. The van der Waals surface area contributed by atoms with E-state index in [1.807, 2.05) is 86.4 Å². The molecule has 0 saturated heterocycles. The summed E-state index contributed by atoms with van der Waals surface area (Å²) in [4.78, 5) is 17.5. The quantitative estimate of drug-likeness (QED) is 0.532. The van der Waals surface area contributed by atoms with Crippen molar-refractivity contribution in [2.75, 3.05) is 12.4 Å². The summed E-state index contributed by atoms with van der Waals surface area (Å²) in [6.07, 6.45) is 3.77.